The van der Waals surface area contributed by atoms with E-state index >= 15 is 0 Å². The van der Waals surface area contributed by atoms with Gasteiger partial charge in [0.15, 0.2) is 5.17 Å². The van der Waals surface area contributed by atoms with Crippen LogP contribution in [0.5, 0.6) is 0 Å². The smallest absolute Gasteiger partial charge is 0.241 e. The minimum Gasteiger partial charge on any atom is -0.304 e. The largest absolute Gasteiger partial charge is 0.304 e. The Kier molecular flexibility index (Phi) is 4.57. The molecule has 1 atom stereocenters. The van der Waals surface area contributed by atoms with Gasteiger partial charge in [0.25, 0.3) is 0 Å². The number of halogens is 2. The van der Waals surface area contributed by atoms with Crippen LogP contribution in [0.3, 0.4) is 0 Å². The molecule has 5 nitrogen and oxygen atoms in total. The van der Waals surface area contributed by atoms with Crippen molar-refractivity contribution in [2.75, 3.05) is 0 Å². The first kappa shape index (κ1) is 15.2. The molecule has 1 aliphatic heterocycles. The van der Waals surface area contributed by atoms with Crippen LogP contribution in [0.4, 0.5) is 0 Å². The average molecular weight is 332 g/mol. The van der Waals surface area contributed by atoms with Crippen molar-refractivity contribution in [1.29, 1.82) is 0 Å². The number of benzene rings is 1. The standard InChI is InChI=1S/C12H11Cl2N3O2S/c1-6(18)15-12-16-17(7(2)19)11(20-12)8-3-4-9(13)10(14)5-8/h3-5,11H,1-2H3,(H,15,16,18). The van der Waals surface area contributed by atoms with Crippen LogP contribution in [0.2, 0.25) is 10.0 Å². The van der Waals surface area contributed by atoms with Crippen molar-refractivity contribution in [3.8, 4) is 0 Å². The topological polar surface area (TPSA) is 61.8 Å². The van der Waals surface area contributed by atoms with Crippen LogP contribution >= 0.6 is 35.0 Å². The van der Waals surface area contributed by atoms with E-state index in [4.69, 9.17) is 23.2 Å². The lowest BCUT2D eigenvalue weighted by atomic mass is 10.2. The van der Waals surface area contributed by atoms with Crippen molar-refractivity contribution in [3.63, 3.8) is 0 Å². The number of thioether (sulfide) groups is 1. The molecule has 0 bridgehead atoms. The highest BCUT2D eigenvalue weighted by atomic mass is 35.5. The van der Waals surface area contributed by atoms with Crippen LogP contribution in [0.15, 0.2) is 23.3 Å². The van der Waals surface area contributed by atoms with Gasteiger partial charge in [0, 0.05) is 13.8 Å². The second kappa shape index (κ2) is 6.03. The fourth-order valence-electron chi connectivity index (χ4n) is 1.65. The molecule has 0 spiro atoms. The Hall–Kier alpha value is -1.24. The summed E-state index contributed by atoms with van der Waals surface area (Å²) in [5, 5.41) is 8.82. The van der Waals surface area contributed by atoms with Gasteiger partial charge < -0.3 is 5.32 Å². The molecule has 0 aliphatic carbocycles. The van der Waals surface area contributed by atoms with E-state index < -0.39 is 0 Å². The van der Waals surface area contributed by atoms with Crippen LogP contribution in [0, 0.1) is 0 Å². The first-order chi connectivity index (χ1) is 9.38. The number of nitrogens with zero attached hydrogens (tertiary/aromatic N) is 2. The zero-order chi connectivity index (χ0) is 14.9. The van der Waals surface area contributed by atoms with Gasteiger partial charge in [-0.05, 0) is 17.7 Å². The van der Waals surface area contributed by atoms with E-state index in [1.54, 1.807) is 18.2 Å². The quantitative estimate of drug-likeness (QED) is 0.860. The Morgan fingerprint density at radius 1 is 1.30 bits per heavy atom. The van der Waals surface area contributed by atoms with Crippen molar-refractivity contribution in [1.82, 2.24) is 10.3 Å². The van der Waals surface area contributed by atoms with Crippen molar-refractivity contribution in [2.45, 2.75) is 19.2 Å². The van der Waals surface area contributed by atoms with E-state index in [1.165, 1.54) is 30.6 Å². The van der Waals surface area contributed by atoms with E-state index in [-0.39, 0.29) is 17.2 Å². The minimum absolute atomic E-state index is 0.228. The molecule has 0 fully saturated rings. The Morgan fingerprint density at radius 3 is 2.55 bits per heavy atom. The SMILES string of the molecule is CC(=O)NC1=NN(C(C)=O)C(c2ccc(Cl)c(Cl)c2)S1. The molecule has 20 heavy (non-hydrogen) atoms. The first-order valence-electron chi connectivity index (χ1n) is 5.66. The summed E-state index contributed by atoms with van der Waals surface area (Å²) in [4.78, 5) is 22.7. The lowest BCUT2D eigenvalue weighted by molar-refractivity contribution is -0.129. The van der Waals surface area contributed by atoms with E-state index in [9.17, 15) is 9.59 Å². The van der Waals surface area contributed by atoms with Crippen LogP contribution in [0.25, 0.3) is 0 Å². The summed E-state index contributed by atoms with van der Waals surface area (Å²) in [6.45, 7) is 2.79. The van der Waals surface area contributed by atoms with Gasteiger partial charge in [0.2, 0.25) is 11.8 Å². The van der Waals surface area contributed by atoms with Crippen molar-refractivity contribution in [3.05, 3.63) is 33.8 Å². The fourth-order valence-corrected chi connectivity index (χ4v) is 3.08. The molecule has 1 unspecified atom stereocenters. The normalized spacial score (nSPS) is 17.9. The molecular formula is C12H11Cl2N3O2S. The molecule has 1 heterocycles. The molecule has 1 aromatic carbocycles. The molecule has 2 amide bonds. The van der Waals surface area contributed by atoms with Gasteiger partial charge in [-0.3, -0.25) is 9.59 Å². The van der Waals surface area contributed by atoms with Gasteiger partial charge in [0.1, 0.15) is 5.37 Å². The molecule has 106 valence electrons. The molecule has 1 aromatic rings. The number of amides is 2. The number of hydrazone groups is 1. The Labute approximate surface area is 130 Å². The number of rotatable bonds is 1. The number of amidine groups is 1. The van der Waals surface area contributed by atoms with E-state index in [1.807, 2.05) is 0 Å². The molecule has 1 aliphatic rings. The van der Waals surface area contributed by atoms with Gasteiger partial charge in [0.05, 0.1) is 10.0 Å². The van der Waals surface area contributed by atoms with Crippen molar-refractivity contribution in [2.24, 2.45) is 5.10 Å². The van der Waals surface area contributed by atoms with Gasteiger partial charge in [-0.15, -0.1) is 5.10 Å². The maximum atomic E-state index is 11.6. The van der Waals surface area contributed by atoms with E-state index in [2.05, 4.69) is 10.4 Å². The van der Waals surface area contributed by atoms with Gasteiger partial charge in [-0.2, -0.15) is 0 Å². The maximum absolute atomic E-state index is 11.6. The van der Waals surface area contributed by atoms with Crippen LogP contribution < -0.4 is 5.32 Å². The monoisotopic (exact) mass is 331 g/mol. The van der Waals surface area contributed by atoms with Crippen LogP contribution in [-0.4, -0.2) is 22.0 Å². The Balaban J connectivity index is 2.29. The molecule has 0 aromatic heterocycles. The third kappa shape index (κ3) is 3.26. The van der Waals surface area contributed by atoms with E-state index in [0.717, 1.165) is 5.56 Å². The van der Waals surface area contributed by atoms with Gasteiger partial charge in [-0.25, -0.2) is 5.01 Å². The lowest BCUT2D eigenvalue weighted by Crippen LogP contribution is -2.25. The fraction of sp³-hybridized carbons (Fsp3) is 0.250. The molecular weight excluding hydrogens is 321 g/mol. The number of hydrogen-bond donors (Lipinski definition) is 1. The highest BCUT2D eigenvalue weighted by molar-refractivity contribution is 8.14. The summed E-state index contributed by atoms with van der Waals surface area (Å²) >= 11 is 13.1. The third-order valence-electron chi connectivity index (χ3n) is 2.48. The van der Waals surface area contributed by atoms with Crippen LogP contribution in [0.1, 0.15) is 24.8 Å². The predicted molar refractivity (Wildman–Crippen MR) is 80.6 cm³/mol. The zero-order valence-electron chi connectivity index (χ0n) is 10.7. The summed E-state index contributed by atoms with van der Waals surface area (Å²) in [6.07, 6.45) is 0. The summed E-state index contributed by atoms with van der Waals surface area (Å²) < 4.78 is 0. The third-order valence-corrected chi connectivity index (χ3v) is 4.32. The molecule has 1 N–H and O–H groups in total. The average Bonchev–Trinajstić information content (AvgIpc) is 2.76. The number of carbonyl (C=O) groups excluding carboxylic acids is 2. The Bertz CT molecular complexity index is 606. The van der Waals surface area contributed by atoms with Crippen molar-refractivity contribution < 1.29 is 9.59 Å². The summed E-state index contributed by atoms with van der Waals surface area (Å²) in [6, 6.07) is 5.12. The van der Waals surface area contributed by atoms with Gasteiger partial charge in [-0.1, -0.05) is 41.0 Å². The number of nitrogens with one attached hydrogen (secondary N) is 1. The summed E-state index contributed by atoms with van der Waals surface area (Å²) in [7, 11) is 0. The summed E-state index contributed by atoms with van der Waals surface area (Å²) in [5.41, 5.74) is 0.781. The molecule has 0 saturated carbocycles. The van der Waals surface area contributed by atoms with E-state index in [0.29, 0.717) is 15.2 Å². The van der Waals surface area contributed by atoms with Crippen LogP contribution in [-0.2, 0) is 9.59 Å². The second-order valence-electron chi connectivity index (χ2n) is 4.09. The zero-order valence-corrected chi connectivity index (χ0v) is 13.0. The Morgan fingerprint density at radius 2 is 2.00 bits per heavy atom. The number of hydrogen-bond acceptors (Lipinski definition) is 4. The van der Waals surface area contributed by atoms with Gasteiger partial charge >= 0.3 is 0 Å². The number of carbonyl (C=O) groups is 2. The highest BCUT2D eigenvalue weighted by Gasteiger charge is 2.32. The molecule has 2 rings (SSSR count). The van der Waals surface area contributed by atoms with Crippen molar-refractivity contribution >= 4 is 51.9 Å². The predicted octanol–water partition coefficient (Wildman–Crippen LogP) is 2.99. The maximum Gasteiger partial charge on any atom is 0.241 e. The second-order valence-corrected chi connectivity index (χ2v) is 5.98. The lowest BCUT2D eigenvalue weighted by Gasteiger charge is -2.19. The minimum atomic E-state index is -0.371. The highest BCUT2D eigenvalue weighted by Crippen LogP contribution is 2.40. The molecule has 0 radical (unpaired) electrons. The molecule has 0 saturated heterocycles. The summed E-state index contributed by atoms with van der Waals surface area (Å²) in [5.74, 6) is -0.469. The first-order valence-corrected chi connectivity index (χ1v) is 7.29. The molecule has 8 heteroatoms.